The minimum atomic E-state index is -0.166. The summed E-state index contributed by atoms with van der Waals surface area (Å²) in [5.41, 5.74) is 0.953. The van der Waals surface area contributed by atoms with Crippen LogP contribution in [-0.2, 0) is 4.79 Å². The zero-order chi connectivity index (χ0) is 16.7. The maximum atomic E-state index is 12.1. The number of hydrogen-bond donors (Lipinski definition) is 1. The quantitative estimate of drug-likeness (QED) is 0.847. The fraction of sp³-hybridized carbons (Fsp3) is 0.316. The second kappa shape index (κ2) is 8.22. The van der Waals surface area contributed by atoms with Crippen molar-refractivity contribution in [3.8, 4) is 11.5 Å². The number of amides is 1. The van der Waals surface area contributed by atoms with Gasteiger partial charge in [-0.05, 0) is 39.0 Å². The third-order valence-corrected chi connectivity index (χ3v) is 3.24. The van der Waals surface area contributed by atoms with Crippen LogP contribution in [0.5, 0.6) is 11.5 Å². The van der Waals surface area contributed by atoms with Crippen molar-refractivity contribution in [2.75, 3.05) is 6.61 Å². The maximum Gasteiger partial charge on any atom is 0.258 e. The summed E-state index contributed by atoms with van der Waals surface area (Å²) in [5, 5.41) is 2.94. The molecule has 2 aromatic rings. The molecule has 1 amide bonds. The average Bonchev–Trinajstić information content (AvgIpc) is 2.54. The van der Waals surface area contributed by atoms with Gasteiger partial charge >= 0.3 is 0 Å². The molecule has 4 heteroatoms. The summed E-state index contributed by atoms with van der Waals surface area (Å²) >= 11 is 0. The molecule has 1 N–H and O–H groups in total. The predicted molar refractivity (Wildman–Crippen MR) is 90.7 cm³/mol. The molecule has 0 saturated heterocycles. The molecule has 0 aliphatic rings. The number of carbonyl (C=O) groups excluding carboxylic acids is 1. The van der Waals surface area contributed by atoms with E-state index in [4.69, 9.17) is 9.47 Å². The SMILES string of the molecule is CC(C)Oc1ccccc1[C@@H](C)NC(=O)COc1ccccc1. The molecular formula is C19H23NO3. The van der Waals surface area contributed by atoms with Crippen molar-refractivity contribution in [2.24, 2.45) is 0 Å². The Bertz CT molecular complexity index is 626. The smallest absolute Gasteiger partial charge is 0.258 e. The first-order valence-electron chi connectivity index (χ1n) is 7.79. The molecule has 122 valence electrons. The van der Waals surface area contributed by atoms with Gasteiger partial charge in [-0.15, -0.1) is 0 Å². The fourth-order valence-electron chi connectivity index (χ4n) is 2.23. The van der Waals surface area contributed by atoms with Gasteiger partial charge in [0.15, 0.2) is 6.61 Å². The summed E-state index contributed by atoms with van der Waals surface area (Å²) in [5.74, 6) is 1.30. The second-order valence-electron chi connectivity index (χ2n) is 5.60. The average molecular weight is 313 g/mol. The van der Waals surface area contributed by atoms with Crippen molar-refractivity contribution in [2.45, 2.75) is 32.9 Å². The molecule has 23 heavy (non-hydrogen) atoms. The van der Waals surface area contributed by atoms with Crippen molar-refractivity contribution in [3.63, 3.8) is 0 Å². The van der Waals surface area contributed by atoms with E-state index in [-0.39, 0.29) is 24.7 Å². The highest BCUT2D eigenvalue weighted by Crippen LogP contribution is 2.25. The Kier molecular flexibility index (Phi) is 6.03. The first-order chi connectivity index (χ1) is 11.1. The fourth-order valence-corrected chi connectivity index (χ4v) is 2.23. The molecule has 0 aliphatic heterocycles. The number of rotatable bonds is 7. The highest BCUT2D eigenvalue weighted by molar-refractivity contribution is 5.78. The van der Waals surface area contributed by atoms with Gasteiger partial charge in [-0.25, -0.2) is 0 Å². The second-order valence-corrected chi connectivity index (χ2v) is 5.60. The summed E-state index contributed by atoms with van der Waals surface area (Å²) in [6.07, 6.45) is 0.0838. The molecule has 2 aromatic carbocycles. The highest BCUT2D eigenvalue weighted by atomic mass is 16.5. The molecule has 0 fully saturated rings. The summed E-state index contributed by atoms with van der Waals surface area (Å²) in [6, 6.07) is 16.9. The Morgan fingerprint density at radius 3 is 2.35 bits per heavy atom. The lowest BCUT2D eigenvalue weighted by molar-refractivity contribution is -0.123. The van der Waals surface area contributed by atoms with Crippen LogP contribution in [0.2, 0.25) is 0 Å². The zero-order valence-corrected chi connectivity index (χ0v) is 13.8. The Morgan fingerprint density at radius 2 is 1.65 bits per heavy atom. The summed E-state index contributed by atoms with van der Waals surface area (Å²) < 4.78 is 11.3. The van der Waals surface area contributed by atoms with E-state index in [9.17, 15) is 4.79 Å². The molecule has 0 aromatic heterocycles. The predicted octanol–water partition coefficient (Wildman–Crippen LogP) is 3.73. The molecule has 0 heterocycles. The van der Waals surface area contributed by atoms with Gasteiger partial charge in [0.1, 0.15) is 11.5 Å². The van der Waals surface area contributed by atoms with E-state index in [2.05, 4.69) is 5.32 Å². The molecule has 0 bridgehead atoms. The van der Waals surface area contributed by atoms with Crippen LogP contribution in [0, 0.1) is 0 Å². The minimum absolute atomic E-state index is 0.0123. The Labute approximate surface area is 137 Å². The first kappa shape index (κ1) is 16.9. The maximum absolute atomic E-state index is 12.1. The molecule has 0 saturated carbocycles. The number of benzene rings is 2. The third-order valence-electron chi connectivity index (χ3n) is 3.24. The lowest BCUT2D eigenvalue weighted by Crippen LogP contribution is -2.31. The van der Waals surface area contributed by atoms with E-state index < -0.39 is 0 Å². The van der Waals surface area contributed by atoms with Crippen LogP contribution in [0.25, 0.3) is 0 Å². The normalized spacial score (nSPS) is 11.8. The lowest BCUT2D eigenvalue weighted by Gasteiger charge is -2.20. The molecule has 0 aliphatic carbocycles. The van der Waals surface area contributed by atoms with E-state index in [1.54, 1.807) is 0 Å². The van der Waals surface area contributed by atoms with Crippen molar-refractivity contribution < 1.29 is 14.3 Å². The van der Waals surface area contributed by atoms with Crippen LogP contribution in [-0.4, -0.2) is 18.6 Å². The van der Waals surface area contributed by atoms with Crippen molar-refractivity contribution in [1.29, 1.82) is 0 Å². The van der Waals surface area contributed by atoms with Crippen LogP contribution in [0.4, 0.5) is 0 Å². The molecule has 0 unspecified atom stereocenters. The van der Waals surface area contributed by atoms with Gasteiger partial charge in [0.2, 0.25) is 0 Å². The van der Waals surface area contributed by atoms with Crippen LogP contribution in [0.1, 0.15) is 32.4 Å². The van der Waals surface area contributed by atoms with Crippen molar-refractivity contribution in [3.05, 3.63) is 60.2 Å². The Hall–Kier alpha value is -2.49. The minimum Gasteiger partial charge on any atom is -0.491 e. The number of nitrogens with one attached hydrogen (secondary N) is 1. The Morgan fingerprint density at radius 1 is 1.00 bits per heavy atom. The first-order valence-corrected chi connectivity index (χ1v) is 7.79. The van der Waals surface area contributed by atoms with Gasteiger partial charge in [0.25, 0.3) is 5.91 Å². The van der Waals surface area contributed by atoms with E-state index in [1.165, 1.54) is 0 Å². The van der Waals surface area contributed by atoms with Crippen LogP contribution in [0.3, 0.4) is 0 Å². The van der Waals surface area contributed by atoms with Gasteiger partial charge < -0.3 is 14.8 Å². The number of ether oxygens (including phenoxy) is 2. The van der Waals surface area contributed by atoms with E-state index in [0.29, 0.717) is 5.75 Å². The van der Waals surface area contributed by atoms with Gasteiger partial charge in [-0.2, -0.15) is 0 Å². The van der Waals surface area contributed by atoms with E-state index in [1.807, 2.05) is 75.4 Å². The summed E-state index contributed by atoms with van der Waals surface area (Å²) in [4.78, 5) is 12.1. The van der Waals surface area contributed by atoms with E-state index in [0.717, 1.165) is 11.3 Å². The Balaban J connectivity index is 1.93. The lowest BCUT2D eigenvalue weighted by atomic mass is 10.1. The molecule has 0 radical (unpaired) electrons. The molecule has 2 rings (SSSR count). The van der Waals surface area contributed by atoms with Crippen LogP contribution < -0.4 is 14.8 Å². The number of carbonyl (C=O) groups is 1. The zero-order valence-electron chi connectivity index (χ0n) is 13.8. The molecule has 1 atom stereocenters. The van der Waals surface area contributed by atoms with Gasteiger partial charge in [0.05, 0.1) is 12.1 Å². The van der Waals surface area contributed by atoms with Crippen LogP contribution in [0.15, 0.2) is 54.6 Å². The largest absolute Gasteiger partial charge is 0.491 e. The summed E-state index contributed by atoms with van der Waals surface area (Å²) in [7, 11) is 0. The van der Waals surface area contributed by atoms with Gasteiger partial charge in [0, 0.05) is 5.56 Å². The van der Waals surface area contributed by atoms with E-state index >= 15 is 0 Å². The topological polar surface area (TPSA) is 47.6 Å². The van der Waals surface area contributed by atoms with Gasteiger partial charge in [-0.1, -0.05) is 36.4 Å². The molecular weight excluding hydrogens is 290 g/mol. The highest BCUT2D eigenvalue weighted by Gasteiger charge is 2.15. The van der Waals surface area contributed by atoms with Crippen molar-refractivity contribution in [1.82, 2.24) is 5.32 Å². The third kappa shape index (κ3) is 5.33. The monoisotopic (exact) mass is 313 g/mol. The standard InChI is InChI=1S/C19H23NO3/c1-14(2)23-18-12-8-7-11-17(18)15(3)20-19(21)13-22-16-9-5-4-6-10-16/h4-12,14-15H,13H2,1-3H3,(H,20,21)/t15-/m1/s1. The number of para-hydroxylation sites is 2. The van der Waals surface area contributed by atoms with Gasteiger partial charge in [-0.3, -0.25) is 4.79 Å². The summed E-state index contributed by atoms with van der Waals surface area (Å²) in [6.45, 7) is 5.88. The molecule has 0 spiro atoms. The van der Waals surface area contributed by atoms with Crippen molar-refractivity contribution >= 4 is 5.91 Å². The molecule has 4 nitrogen and oxygen atoms in total. The van der Waals surface area contributed by atoms with Crippen LogP contribution >= 0.6 is 0 Å². The number of hydrogen-bond acceptors (Lipinski definition) is 3.